The Hall–Kier alpha value is -2.28. The Labute approximate surface area is 85.8 Å². The molecule has 0 radical (unpaired) electrons. The molecule has 0 spiro atoms. The molecular formula is C11H6O4. The predicted octanol–water partition coefficient (Wildman–Crippen LogP) is 1.01. The molecule has 0 amide bonds. The van der Waals surface area contributed by atoms with E-state index in [-0.39, 0.29) is 17.7 Å². The average molecular weight is 202 g/mol. The van der Waals surface area contributed by atoms with E-state index in [4.69, 9.17) is 11.2 Å². The van der Waals surface area contributed by atoms with Gasteiger partial charge in [-0.2, -0.15) is 0 Å². The number of terminal acetylenes is 1. The summed E-state index contributed by atoms with van der Waals surface area (Å²) in [5.74, 6) is 1.46. The fourth-order valence-electron chi connectivity index (χ4n) is 1.28. The maximum Gasteiger partial charge on any atom is 0.347 e. The van der Waals surface area contributed by atoms with Crippen LogP contribution in [0.25, 0.3) is 0 Å². The highest BCUT2D eigenvalue weighted by atomic mass is 16.6. The number of carbonyl (C=O) groups excluding carboxylic acids is 2. The zero-order valence-electron chi connectivity index (χ0n) is 7.65. The van der Waals surface area contributed by atoms with Crippen LogP contribution in [-0.4, -0.2) is 18.5 Å². The molecule has 0 saturated carbocycles. The Morgan fingerprint density at radius 1 is 1.27 bits per heavy atom. The lowest BCUT2D eigenvalue weighted by Crippen LogP contribution is -1.97. The molecule has 0 fully saturated rings. The van der Waals surface area contributed by atoms with Crippen molar-refractivity contribution in [2.24, 2.45) is 0 Å². The van der Waals surface area contributed by atoms with Gasteiger partial charge in [-0.3, -0.25) is 0 Å². The lowest BCUT2D eigenvalue weighted by atomic mass is 10.1. The van der Waals surface area contributed by atoms with Gasteiger partial charge in [0.2, 0.25) is 0 Å². The Kier molecular flexibility index (Phi) is 2.14. The summed E-state index contributed by atoms with van der Waals surface area (Å²) in [6.07, 6.45) is 5.02. The smallest absolute Gasteiger partial charge is 0.347 e. The van der Waals surface area contributed by atoms with Crippen molar-refractivity contribution in [3.63, 3.8) is 0 Å². The zero-order chi connectivity index (χ0) is 10.8. The number of esters is 2. The second-order valence-electron chi connectivity index (χ2n) is 2.88. The highest BCUT2D eigenvalue weighted by molar-refractivity contribution is 6.14. The molecule has 1 heterocycles. The van der Waals surface area contributed by atoms with Gasteiger partial charge in [0.05, 0.1) is 11.1 Å². The van der Waals surface area contributed by atoms with Crippen LogP contribution in [0, 0.1) is 12.3 Å². The summed E-state index contributed by atoms with van der Waals surface area (Å²) in [4.78, 5) is 22.2. The molecule has 1 aromatic carbocycles. The van der Waals surface area contributed by atoms with Crippen molar-refractivity contribution >= 4 is 11.9 Å². The number of carbonyl (C=O) groups is 2. The molecule has 1 aliphatic rings. The van der Waals surface area contributed by atoms with Gasteiger partial charge in [0.15, 0.2) is 0 Å². The Morgan fingerprint density at radius 3 is 2.73 bits per heavy atom. The predicted molar refractivity (Wildman–Crippen MR) is 50.5 cm³/mol. The van der Waals surface area contributed by atoms with E-state index < -0.39 is 11.9 Å². The minimum atomic E-state index is -0.652. The summed E-state index contributed by atoms with van der Waals surface area (Å²) < 4.78 is 9.53. The van der Waals surface area contributed by atoms with Gasteiger partial charge in [0.1, 0.15) is 12.4 Å². The molecule has 0 unspecified atom stereocenters. The van der Waals surface area contributed by atoms with Crippen LogP contribution in [0.2, 0.25) is 0 Å². The van der Waals surface area contributed by atoms with E-state index in [0.29, 0.717) is 5.75 Å². The van der Waals surface area contributed by atoms with Gasteiger partial charge in [-0.25, -0.2) is 9.59 Å². The lowest BCUT2D eigenvalue weighted by Gasteiger charge is -2.01. The maximum atomic E-state index is 11.2. The molecule has 0 saturated heterocycles. The van der Waals surface area contributed by atoms with Crippen molar-refractivity contribution in [3.8, 4) is 18.1 Å². The van der Waals surface area contributed by atoms with Crippen LogP contribution in [0.1, 0.15) is 20.7 Å². The zero-order valence-corrected chi connectivity index (χ0v) is 7.65. The molecule has 2 rings (SSSR count). The van der Waals surface area contributed by atoms with Crippen molar-refractivity contribution in [1.29, 1.82) is 0 Å². The van der Waals surface area contributed by atoms with E-state index in [9.17, 15) is 9.59 Å². The molecule has 0 N–H and O–H groups in total. The van der Waals surface area contributed by atoms with E-state index in [1.165, 1.54) is 12.1 Å². The topological polar surface area (TPSA) is 52.6 Å². The first kappa shape index (κ1) is 9.28. The van der Waals surface area contributed by atoms with Crippen molar-refractivity contribution in [2.45, 2.75) is 0 Å². The minimum absolute atomic E-state index is 0.113. The first-order valence-corrected chi connectivity index (χ1v) is 4.19. The monoisotopic (exact) mass is 202 g/mol. The van der Waals surface area contributed by atoms with E-state index in [1.54, 1.807) is 6.07 Å². The fraction of sp³-hybridized carbons (Fsp3) is 0.0909. The molecule has 74 valence electrons. The first-order chi connectivity index (χ1) is 7.22. The summed E-state index contributed by atoms with van der Waals surface area (Å²) in [5, 5.41) is 0. The molecular weight excluding hydrogens is 196 g/mol. The summed E-state index contributed by atoms with van der Waals surface area (Å²) >= 11 is 0. The summed E-state index contributed by atoms with van der Waals surface area (Å²) in [5.41, 5.74) is 0.475. The maximum absolute atomic E-state index is 11.2. The van der Waals surface area contributed by atoms with Gasteiger partial charge >= 0.3 is 11.9 Å². The normalized spacial score (nSPS) is 13.0. The third kappa shape index (κ3) is 1.55. The number of ether oxygens (including phenoxy) is 2. The standard InChI is InChI=1S/C11H6O4/c1-2-5-14-7-3-4-8-9(6-7)11(13)15-10(8)12/h1,3-4,6H,5H2. The van der Waals surface area contributed by atoms with Crippen molar-refractivity contribution in [1.82, 2.24) is 0 Å². The average Bonchev–Trinajstić information content (AvgIpc) is 2.52. The number of benzene rings is 1. The van der Waals surface area contributed by atoms with Crippen molar-refractivity contribution in [2.75, 3.05) is 6.61 Å². The molecule has 4 heteroatoms. The fourth-order valence-corrected chi connectivity index (χ4v) is 1.28. The van der Waals surface area contributed by atoms with Gasteiger partial charge in [-0.15, -0.1) is 6.42 Å². The third-order valence-electron chi connectivity index (χ3n) is 1.94. The van der Waals surface area contributed by atoms with Gasteiger partial charge in [-0.05, 0) is 18.2 Å². The molecule has 1 aromatic rings. The third-order valence-corrected chi connectivity index (χ3v) is 1.94. The molecule has 0 aromatic heterocycles. The molecule has 4 nitrogen and oxygen atoms in total. The van der Waals surface area contributed by atoms with Crippen molar-refractivity contribution < 1.29 is 19.1 Å². The van der Waals surface area contributed by atoms with E-state index in [2.05, 4.69) is 10.7 Å². The Balaban J connectivity index is 2.35. The highest BCUT2D eigenvalue weighted by Gasteiger charge is 2.29. The van der Waals surface area contributed by atoms with Crippen LogP contribution in [0.3, 0.4) is 0 Å². The van der Waals surface area contributed by atoms with Crippen LogP contribution in [0.15, 0.2) is 18.2 Å². The van der Waals surface area contributed by atoms with Crippen LogP contribution in [-0.2, 0) is 4.74 Å². The number of cyclic esters (lactones) is 2. The van der Waals surface area contributed by atoms with Gasteiger partial charge in [0.25, 0.3) is 0 Å². The van der Waals surface area contributed by atoms with Crippen LogP contribution >= 0.6 is 0 Å². The quantitative estimate of drug-likeness (QED) is 0.408. The summed E-state index contributed by atoms with van der Waals surface area (Å²) in [6, 6.07) is 4.49. The van der Waals surface area contributed by atoms with Crippen LogP contribution < -0.4 is 4.74 Å². The molecule has 0 atom stereocenters. The molecule has 1 aliphatic heterocycles. The van der Waals surface area contributed by atoms with E-state index in [1.807, 2.05) is 0 Å². The lowest BCUT2D eigenvalue weighted by molar-refractivity contribution is 0.0443. The highest BCUT2D eigenvalue weighted by Crippen LogP contribution is 2.24. The number of hydrogen-bond acceptors (Lipinski definition) is 4. The van der Waals surface area contributed by atoms with Gasteiger partial charge in [-0.1, -0.05) is 5.92 Å². The second-order valence-corrected chi connectivity index (χ2v) is 2.88. The van der Waals surface area contributed by atoms with Crippen molar-refractivity contribution in [3.05, 3.63) is 29.3 Å². The SMILES string of the molecule is C#CCOc1ccc2c(c1)C(=O)OC2=O. The summed E-state index contributed by atoms with van der Waals surface area (Å²) in [6.45, 7) is 0.113. The molecule has 15 heavy (non-hydrogen) atoms. The molecule has 0 bridgehead atoms. The number of fused-ring (bicyclic) bond motifs is 1. The Morgan fingerprint density at radius 2 is 2.00 bits per heavy atom. The van der Waals surface area contributed by atoms with Gasteiger partial charge in [0, 0.05) is 0 Å². The van der Waals surface area contributed by atoms with Gasteiger partial charge < -0.3 is 9.47 Å². The van der Waals surface area contributed by atoms with Crippen LogP contribution in [0.5, 0.6) is 5.75 Å². The number of hydrogen-bond donors (Lipinski definition) is 0. The first-order valence-electron chi connectivity index (χ1n) is 4.19. The molecule has 0 aliphatic carbocycles. The van der Waals surface area contributed by atoms with Crippen LogP contribution in [0.4, 0.5) is 0 Å². The van der Waals surface area contributed by atoms with E-state index in [0.717, 1.165) is 0 Å². The van der Waals surface area contributed by atoms with E-state index >= 15 is 0 Å². The second kappa shape index (κ2) is 3.46. The summed E-state index contributed by atoms with van der Waals surface area (Å²) in [7, 11) is 0. The number of rotatable bonds is 2. The largest absolute Gasteiger partial charge is 0.481 e. The minimum Gasteiger partial charge on any atom is -0.481 e. The Bertz CT molecular complexity index is 482.